The van der Waals surface area contributed by atoms with Gasteiger partial charge in [0.2, 0.25) is 0 Å². The van der Waals surface area contributed by atoms with E-state index in [1.54, 1.807) is 6.33 Å². The van der Waals surface area contributed by atoms with E-state index in [1.165, 1.54) is 0 Å². The predicted molar refractivity (Wildman–Crippen MR) is 184 cm³/mol. The molecule has 45 heavy (non-hydrogen) atoms. The predicted octanol–water partition coefficient (Wildman–Crippen LogP) is 10.6. The molecule has 0 spiro atoms. The number of nitrogens with zero attached hydrogens (tertiary/aromatic N) is 4. The second-order valence-corrected chi connectivity index (χ2v) is 11.1. The number of hydrogen-bond donors (Lipinski definition) is 0. The highest BCUT2D eigenvalue weighted by molar-refractivity contribution is 6.12. The van der Waals surface area contributed by atoms with Crippen molar-refractivity contribution in [3.63, 3.8) is 0 Å². The van der Waals surface area contributed by atoms with Crippen molar-refractivity contribution in [3.05, 3.63) is 158 Å². The number of anilines is 3. The summed E-state index contributed by atoms with van der Waals surface area (Å²) in [5.41, 5.74) is 10.1. The maximum Gasteiger partial charge on any atom is 0.197 e. The van der Waals surface area contributed by atoms with Crippen LogP contribution in [0.4, 0.5) is 17.1 Å². The molecule has 3 heterocycles. The molecule has 0 aliphatic carbocycles. The Hall–Kier alpha value is -6.20. The largest absolute Gasteiger partial charge is 0.450 e. The Morgan fingerprint density at radius 1 is 0.489 bits per heavy atom. The van der Waals surface area contributed by atoms with Gasteiger partial charge in [0.15, 0.2) is 11.4 Å². The van der Waals surface area contributed by atoms with E-state index in [0.29, 0.717) is 5.58 Å². The van der Waals surface area contributed by atoms with Crippen molar-refractivity contribution in [3.8, 4) is 16.9 Å². The number of hydrogen-bond acceptors (Lipinski definition) is 4. The molecule has 6 aromatic carbocycles. The minimum absolute atomic E-state index is 0.683. The summed E-state index contributed by atoms with van der Waals surface area (Å²) in [6.07, 6.45) is 1.63. The molecule has 3 aromatic heterocycles. The van der Waals surface area contributed by atoms with Crippen molar-refractivity contribution in [2.75, 3.05) is 4.90 Å². The van der Waals surface area contributed by atoms with E-state index in [1.807, 2.05) is 36.4 Å². The number of para-hydroxylation sites is 4. The molecule has 0 saturated heterocycles. The zero-order chi connectivity index (χ0) is 29.7. The lowest BCUT2D eigenvalue weighted by Crippen LogP contribution is -2.09. The van der Waals surface area contributed by atoms with Crippen LogP contribution >= 0.6 is 0 Å². The monoisotopic (exact) mass is 578 g/mol. The third-order valence-corrected chi connectivity index (χ3v) is 8.51. The fraction of sp³-hybridized carbons (Fsp3) is 0. The maximum atomic E-state index is 6.34. The molecule has 0 aliphatic heterocycles. The topological polar surface area (TPSA) is 47.1 Å². The molecule has 0 radical (unpaired) electrons. The molecule has 0 amide bonds. The van der Waals surface area contributed by atoms with Crippen molar-refractivity contribution >= 4 is 60.9 Å². The average molecular weight is 579 g/mol. The fourth-order valence-electron chi connectivity index (χ4n) is 6.46. The molecule has 0 atom stereocenters. The number of aromatic nitrogens is 3. The molecule has 9 aromatic rings. The highest BCUT2D eigenvalue weighted by Crippen LogP contribution is 2.39. The lowest BCUT2D eigenvalue weighted by molar-refractivity contribution is 0.662. The van der Waals surface area contributed by atoms with Gasteiger partial charge in [0.1, 0.15) is 17.4 Å². The van der Waals surface area contributed by atoms with E-state index in [0.717, 1.165) is 72.3 Å². The van der Waals surface area contributed by atoms with Gasteiger partial charge in [0.25, 0.3) is 0 Å². The summed E-state index contributed by atoms with van der Waals surface area (Å²) >= 11 is 0. The van der Waals surface area contributed by atoms with E-state index in [9.17, 15) is 0 Å². The smallest absolute Gasteiger partial charge is 0.197 e. The Bertz CT molecular complexity index is 2440. The molecule has 212 valence electrons. The van der Waals surface area contributed by atoms with Crippen LogP contribution in [0.25, 0.3) is 60.8 Å². The highest BCUT2D eigenvalue weighted by atomic mass is 16.3. The van der Waals surface area contributed by atoms with E-state index in [2.05, 4.69) is 130 Å². The number of rotatable bonds is 5. The average Bonchev–Trinajstić information content (AvgIpc) is 3.65. The van der Waals surface area contributed by atoms with Gasteiger partial charge in [-0.3, -0.25) is 4.57 Å². The second kappa shape index (κ2) is 10.2. The van der Waals surface area contributed by atoms with Gasteiger partial charge in [-0.05, 0) is 77.9 Å². The fourth-order valence-corrected chi connectivity index (χ4v) is 6.46. The van der Waals surface area contributed by atoms with Crippen molar-refractivity contribution in [1.82, 2.24) is 14.5 Å². The summed E-state index contributed by atoms with van der Waals surface area (Å²) in [4.78, 5) is 11.6. The van der Waals surface area contributed by atoms with Crippen LogP contribution in [0.5, 0.6) is 0 Å². The first-order chi connectivity index (χ1) is 22.3. The van der Waals surface area contributed by atoms with E-state index in [4.69, 9.17) is 9.40 Å². The molecule has 0 bridgehead atoms. The van der Waals surface area contributed by atoms with Crippen molar-refractivity contribution in [2.45, 2.75) is 0 Å². The molecule has 5 heteroatoms. The normalized spacial score (nSPS) is 11.6. The van der Waals surface area contributed by atoms with Crippen molar-refractivity contribution < 1.29 is 4.42 Å². The third kappa shape index (κ3) is 4.09. The Labute approximate surface area is 259 Å². The molecule has 0 N–H and O–H groups in total. The number of benzene rings is 6. The van der Waals surface area contributed by atoms with Gasteiger partial charge in [-0.2, -0.15) is 0 Å². The lowest BCUT2D eigenvalue weighted by atomic mass is 10.0. The van der Waals surface area contributed by atoms with Crippen molar-refractivity contribution in [1.29, 1.82) is 0 Å². The SMILES string of the molecule is c1ccc(N(c2ccccc2)c2ccc(-c3ccc4c(c3)c3ccccc3n4-c3ncnc4c3oc3ccccc34)cc2)cc1. The van der Waals surface area contributed by atoms with Crippen molar-refractivity contribution in [2.24, 2.45) is 0 Å². The summed E-state index contributed by atoms with van der Waals surface area (Å²) < 4.78 is 8.54. The lowest BCUT2D eigenvalue weighted by Gasteiger charge is -2.25. The van der Waals surface area contributed by atoms with Crippen LogP contribution in [0.3, 0.4) is 0 Å². The first-order valence-electron chi connectivity index (χ1n) is 15.0. The standard InChI is InChI=1S/C40H26N4O/c1-3-11-29(12-4-1)43(30-13-5-2-6-14-30)31-22-19-27(20-23-31)28-21-24-36-34(25-28)32-15-7-9-17-35(32)44(36)40-39-38(41-26-42-40)33-16-8-10-18-37(33)45-39/h1-26H. The van der Waals surface area contributed by atoms with Crippen LogP contribution in [0.2, 0.25) is 0 Å². The Kier molecular flexibility index (Phi) is 5.74. The van der Waals surface area contributed by atoms with Gasteiger partial charge >= 0.3 is 0 Å². The summed E-state index contributed by atoms with van der Waals surface area (Å²) in [5, 5.41) is 3.30. The molecular weight excluding hydrogens is 552 g/mol. The summed E-state index contributed by atoms with van der Waals surface area (Å²) in [6.45, 7) is 0. The minimum atomic E-state index is 0.683. The van der Waals surface area contributed by atoms with Crippen LogP contribution < -0.4 is 4.90 Å². The van der Waals surface area contributed by atoms with Gasteiger partial charge < -0.3 is 9.32 Å². The van der Waals surface area contributed by atoms with Crippen LogP contribution in [0, 0.1) is 0 Å². The van der Waals surface area contributed by atoms with Gasteiger partial charge in [0, 0.05) is 33.2 Å². The molecular formula is C40H26N4O. The third-order valence-electron chi connectivity index (χ3n) is 8.51. The number of fused-ring (bicyclic) bond motifs is 6. The Morgan fingerprint density at radius 2 is 1.09 bits per heavy atom. The van der Waals surface area contributed by atoms with E-state index in [-0.39, 0.29) is 0 Å². The van der Waals surface area contributed by atoms with Gasteiger partial charge in [-0.15, -0.1) is 0 Å². The molecule has 9 rings (SSSR count). The first kappa shape index (κ1) is 25.3. The van der Waals surface area contributed by atoms with E-state index >= 15 is 0 Å². The van der Waals surface area contributed by atoms with Crippen LogP contribution in [-0.4, -0.2) is 14.5 Å². The molecule has 5 nitrogen and oxygen atoms in total. The van der Waals surface area contributed by atoms with Crippen LogP contribution in [0.1, 0.15) is 0 Å². The Balaban J connectivity index is 1.17. The molecule has 0 saturated carbocycles. The Morgan fingerprint density at radius 3 is 1.84 bits per heavy atom. The molecule has 0 unspecified atom stereocenters. The number of furan rings is 1. The zero-order valence-corrected chi connectivity index (χ0v) is 24.2. The summed E-state index contributed by atoms with van der Waals surface area (Å²) in [5.74, 6) is 0.737. The minimum Gasteiger partial charge on any atom is -0.450 e. The molecule has 0 fully saturated rings. The van der Waals surface area contributed by atoms with Gasteiger partial charge in [0.05, 0.1) is 11.0 Å². The van der Waals surface area contributed by atoms with Crippen LogP contribution in [0.15, 0.2) is 162 Å². The van der Waals surface area contributed by atoms with E-state index < -0.39 is 0 Å². The van der Waals surface area contributed by atoms with Gasteiger partial charge in [-0.1, -0.05) is 84.9 Å². The molecule has 0 aliphatic rings. The highest BCUT2D eigenvalue weighted by Gasteiger charge is 2.20. The second-order valence-electron chi connectivity index (χ2n) is 11.1. The summed E-state index contributed by atoms with van der Waals surface area (Å²) in [7, 11) is 0. The van der Waals surface area contributed by atoms with Gasteiger partial charge in [-0.25, -0.2) is 9.97 Å². The quantitative estimate of drug-likeness (QED) is 0.204. The first-order valence-corrected chi connectivity index (χ1v) is 15.0. The zero-order valence-electron chi connectivity index (χ0n) is 24.2. The summed E-state index contributed by atoms with van der Waals surface area (Å²) in [6, 6.07) is 52.9. The van der Waals surface area contributed by atoms with Crippen LogP contribution in [-0.2, 0) is 0 Å². The maximum absolute atomic E-state index is 6.34.